The Morgan fingerprint density at radius 3 is 2.62 bits per heavy atom. The molecule has 0 aliphatic heterocycles. The van der Waals surface area contributed by atoms with Crippen molar-refractivity contribution >= 4 is 22.5 Å². The van der Waals surface area contributed by atoms with Gasteiger partial charge in [0.1, 0.15) is 5.75 Å². The second kappa shape index (κ2) is 6.62. The first-order chi connectivity index (χ1) is 11.6. The molecule has 0 aliphatic rings. The predicted molar refractivity (Wildman–Crippen MR) is 92.8 cm³/mol. The van der Waals surface area contributed by atoms with Crippen LogP contribution in [-0.2, 0) is 7.05 Å². The molecule has 0 radical (unpaired) electrons. The van der Waals surface area contributed by atoms with E-state index in [1.807, 2.05) is 37.3 Å². The Morgan fingerprint density at radius 1 is 1.21 bits per heavy atom. The second-order valence-electron chi connectivity index (χ2n) is 5.28. The van der Waals surface area contributed by atoms with Crippen LogP contribution in [0.25, 0.3) is 10.9 Å². The predicted octanol–water partition coefficient (Wildman–Crippen LogP) is 3.23. The third-order valence-corrected chi connectivity index (χ3v) is 3.66. The number of amides is 1. The summed E-state index contributed by atoms with van der Waals surface area (Å²) in [6.07, 6.45) is 0. The molecule has 6 nitrogen and oxygen atoms in total. The maximum atomic E-state index is 12.4. The molecule has 0 unspecified atom stereocenters. The number of hydrogen-bond donors (Lipinski definition) is 1. The Morgan fingerprint density at radius 2 is 1.96 bits per heavy atom. The molecule has 0 bridgehead atoms. The summed E-state index contributed by atoms with van der Waals surface area (Å²) in [6.45, 7) is 2.54. The van der Waals surface area contributed by atoms with Crippen LogP contribution in [0.3, 0.4) is 0 Å². The first kappa shape index (κ1) is 15.9. The molecule has 6 heteroatoms. The number of nitrogens with one attached hydrogen (secondary N) is 1. The normalized spacial score (nSPS) is 10.6. The number of fused-ring (bicyclic) bond motifs is 1. The van der Waals surface area contributed by atoms with E-state index in [0.29, 0.717) is 29.3 Å². The van der Waals surface area contributed by atoms with Crippen molar-refractivity contribution in [2.24, 2.45) is 7.05 Å². The molecule has 1 aromatic heterocycles. The maximum Gasteiger partial charge on any atom is 0.255 e. The number of anilines is 1. The number of rotatable bonds is 5. The molecule has 0 fully saturated rings. The summed E-state index contributed by atoms with van der Waals surface area (Å²) in [5.41, 5.74) is 1.97. The van der Waals surface area contributed by atoms with Crippen LogP contribution in [0, 0.1) is 0 Å². The molecule has 0 atom stereocenters. The highest BCUT2D eigenvalue weighted by Crippen LogP contribution is 2.25. The fourth-order valence-electron chi connectivity index (χ4n) is 2.56. The van der Waals surface area contributed by atoms with Crippen molar-refractivity contribution in [2.75, 3.05) is 19.0 Å². The van der Waals surface area contributed by atoms with Crippen LogP contribution in [0.15, 0.2) is 42.5 Å². The molecule has 0 aliphatic carbocycles. The van der Waals surface area contributed by atoms with Gasteiger partial charge < -0.3 is 14.8 Å². The molecule has 124 valence electrons. The monoisotopic (exact) mass is 325 g/mol. The molecular formula is C18H19N3O3. The van der Waals surface area contributed by atoms with Crippen molar-refractivity contribution in [3.05, 3.63) is 48.0 Å². The van der Waals surface area contributed by atoms with E-state index in [9.17, 15) is 4.79 Å². The zero-order chi connectivity index (χ0) is 17.1. The third kappa shape index (κ3) is 3.03. The van der Waals surface area contributed by atoms with Crippen LogP contribution < -0.4 is 14.8 Å². The maximum absolute atomic E-state index is 12.4. The summed E-state index contributed by atoms with van der Waals surface area (Å²) in [5, 5.41) is 8.10. The number of methoxy groups -OCH3 is 1. The van der Waals surface area contributed by atoms with Crippen molar-refractivity contribution in [2.45, 2.75) is 6.92 Å². The fourth-order valence-corrected chi connectivity index (χ4v) is 2.56. The third-order valence-electron chi connectivity index (χ3n) is 3.66. The van der Waals surface area contributed by atoms with Gasteiger partial charge in [0.15, 0.2) is 0 Å². The number of ether oxygens (including phenoxy) is 2. The SMILES string of the molecule is CCOc1ccc(NC(=O)c2ccc3c(OC)n(C)nc3c2)cc1. The number of nitrogens with zero attached hydrogens (tertiary/aromatic N) is 2. The average molecular weight is 325 g/mol. The topological polar surface area (TPSA) is 65.4 Å². The van der Waals surface area contributed by atoms with Gasteiger partial charge in [0.25, 0.3) is 5.91 Å². The molecule has 24 heavy (non-hydrogen) atoms. The molecule has 1 amide bonds. The van der Waals surface area contributed by atoms with Gasteiger partial charge in [0.2, 0.25) is 5.88 Å². The molecule has 3 rings (SSSR count). The van der Waals surface area contributed by atoms with Crippen LogP contribution in [0.2, 0.25) is 0 Å². The van der Waals surface area contributed by atoms with Gasteiger partial charge in [-0.15, -0.1) is 0 Å². The molecular weight excluding hydrogens is 306 g/mol. The minimum atomic E-state index is -0.189. The number of carbonyl (C=O) groups is 1. The van der Waals surface area contributed by atoms with Gasteiger partial charge in [0, 0.05) is 18.3 Å². The summed E-state index contributed by atoms with van der Waals surface area (Å²) in [7, 11) is 3.40. The van der Waals surface area contributed by atoms with Crippen LogP contribution in [0.1, 0.15) is 17.3 Å². The van der Waals surface area contributed by atoms with Gasteiger partial charge in [0.05, 0.1) is 24.6 Å². The summed E-state index contributed by atoms with van der Waals surface area (Å²) < 4.78 is 12.4. The van der Waals surface area contributed by atoms with Crippen LogP contribution in [0.4, 0.5) is 5.69 Å². The van der Waals surface area contributed by atoms with E-state index in [4.69, 9.17) is 9.47 Å². The Labute approximate surface area is 140 Å². The van der Waals surface area contributed by atoms with Crippen molar-refractivity contribution in [1.29, 1.82) is 0 Å². The molecule has 2 aromatic carbocycles. The number of carbonyl (C=O) groups excluding carboxylic acids is 1. The van der Waals surface area contributed by atoms with Gasteiger partial charge in [-0.1, -0.05) is 0 Å². The Hall–Kier alpha value is -3.02. The van der Waals surface area contributed by atoms with Crippen molar-refractivity contribution in [3.8, 4) is 11.6 Å². The van der Waals surface area contributed by atoms with Crippen LogP contribution >= 0.6 is 0 Å². The summed E-state index contributed by atoms with van der Waals surface area (Å²) in [6, 6.07) is 12.6. The Kier molecular flexibility index (Phi) is 4.37. The van der Waals surface area contributed by atoms with Crippen LogP contribution in [-0.4, -0.2) is 29.4 Å². The molecule has 0 saturated heterocycles. The largest absolute Gasteiger partial charge is 0.494 e. The lowest BCUT2D eigenvalue weighted by Gasteiger charge is -2.07. The van der Waals surface area contributed by atoms with Gasteiger partial charge in [-0.25, -0.2) is 4.68 Å². The number of hydrogen-bond acceptors (Lipinski definition) is 4. The fraction of sp³-hybridized carbons (Fsp3) is 0.222. The van der Waals surface area contributed by atoms with Crippen molar-refractivity contribution < 1.29 is 14.3 Å². The van der Waals surface area contributed by atoms with Gasteiger partial charge in [-0.05, 0) is 49.4 Å². The molecule has 3 aromatic rings. The summed E-state index contributed by atoms with van der Waals surface area (Å²) in [5.74, 6) is 1.26. The van der Waals surface area contributed by atoms with E-state index in [1.54, 1.807) is 31.0 Å². The van der Waals surface area contributed by atoms with E-state index in [2.05, 4.69) is 10.4 Å². The first-order valence-corrected chi connectivity index (χ1v) is 7.67. The highest BCUT2D eigenvalue weighted by Gasteiger charge is 2.13. The lowest BCUT2D eigenvalue weighted by molar-refractivity contribution is 0.102. The average Bonchev–Trinajstić information content (AvgIpc) is 2.90. The van der Waals surface area contributed by atoms with E-state index < -0.39 is 0 Å². The molecule has 0 spiro atoms. The van der Waals surface area contributed by atoms with Crippen LogP contribution in [0.5, 0.6) is 11.6 Å². The molecule has 0 saturated carbocycles. The van der Waals surface area contributed by atoms with Crippen molar-refractivity contribution in [3.63, 3.8) is 0 Å². The smallest absolute Gasteiger partial charge is 0.255 e. The van der Waals surface area contributed by atoms with E-state index in [1.165, 1.54) is 0 Å². The summed E-state index contributed by atoms with van der Waals surface area (Å²) in [4.78, 5) is 12.4. The minimum Gasteiger partial charge on any atom is -0.494 e. The molecule has 1 N–H and O–H groups in total. The lowest BCUT2D eigenvalue weighted by atomic mass is 10.1. The zero-order valence-electron chi connectivity index (χ0n) is 13.9. The van der Waals surface area contributed by atoms with Gasteiger partial charge in [-0.2, -0.15) is 5.10 Å². The minimum absolute atomic E-state index is 0.189. The van der Waals surface area contributed by atoms with Gasteiger partial charge >= 0.3 is 0 Å². The van der Waals surface area contributed by atoms with E-state index >= 15 is 0 Å². The Bertz CT molecular complexity index is 869. The highest BCUT2D eigenvalue weighted by molar-refractivity contribution is 6.06. The number of aromatic nitrogens is 2. The number of aryl methyl sites for hydroxylation is 1. The zero-order valence-corrected chi connectivity index (χ0v) is 13.9. The lowest BCUT2D eigenvalue weighted by Crippen LogP contribution is -2.11. The van der Waals surface area contributed by atoms with Gasteiger partial charge in [-0.3, -0.25) is 4.79 Å². The molecule has 1 heterocycles. The van der Waals surface area contributed by atoms with E-state index in [-0.39, 0.29) is 5.91 Å². The first-order valence-electron chi connectivity index (χ1n) is 7.67. The number of benzene rings is 2. The van der Waals surface area contributed by atoms with Crippen molar-refractivity contribution in [1.82, 2.24) is 9.78 Å². The van der Waals surface area contributed by atoms with E-state index in [0.717, 1.165) is 11.1 Å². The Balaban J connectivity index is 1.80. The highest BCUT2D eigenvalue weighted by atomic mass is 16.5. The standard InChI is InChI=1S/C18H19N3O3/c1-4-24-14-8-6-13(7-9-14)19-17(22)12-5-10-15-16(11-12)20-21(2)18(15)23-3/h5-11H,4H2,1-3H3,(H,19,22). The summed E-state index contributed by atoms with van der Waals surface area (Å²) >= 11 is 0. The second-order valence-corrected chi connectivity index (χ2v) is 5.28. The quantitative estimate of drug-likeness (QED) is 0.782.